The largest absolute Gasteiger partial charge is 0.465 e. The predicted octanol–water partition coefficient (Wildman–Crippen LogP) is 0.107. The van der Waals surface area contributed by atoms with E-state index in [2.05, 4.69) is 5.32 Å². The van der Waals surface area contributed by atoms with Gasteiger partial charge in [-0.15, -0.1) is 0 Å². The summed E-state index contributed by atoms with van der Waals surface area (Å²) in [6, 6.07) is -0.664. The van der Waals surface area contributed by atoms with Gasteiger partial charge in [-0.3, -0.25) is 0 Å². The van der Waals surface area contributed by atoms with Crippen LogP contribution in [-0.2, 0) is 0 Å². The predicted molar refractivity (Wildman–Crippen MR) is 37.3 cm³/mol. The third-order valence-corrected chi connectivity index (χ3v) is 1.89. The zero-order valence-electron chi connectivity index (χ0n) is 6.26. The van der Waals surface area contributed by atoms with Gasteiger partial charge in [0.1, 0.15) is 0 Å². The van der Waals surface area contributed by atoms with E-state index in [9.17, 15) is 13.6 Å². The van der Waals surface area contributed by atoms with Gasteiger partial charge in [-0.25, -0.2) is 13.6 Å². The Morgan fingerprint density at radius 3 is 2.75 bits per heavy atom. The molecule has 0 aromatic heterocycles. The first kappa shape index (κ1) is 9.18. The molecule has 0 radical (unpaired) electrons. The highest BCUT2D eigenvalue weighted by Gasteiger charge is 2.34. The molecule has 0 aliphatic carbocycles. The van der Waals surface area contributed by atoms with Crippen LogP contribution in [0.25, 0.3) is 0 Å². The summed E-state index contributed by atoms with van der Waals surface area (Å²) in [5, 5.41) is 13.0. The smallest absolute Gasteiger partial charge is 0.404 e. The molecule has 0 bridgehead atoms. The minimum atomic E-state index is -2.48. The molecule has 0 aromatic rings. The van der Waals surface area contributed by atoms with Crippen molar-refractivity contribution >= 4 is 6.09 Å². The maximum atomic E-state index is 12.2. The number of carbonyl (C=O) groups is 1. The summed E-state index contributed by atoms with van der Waals surface area (Å²) in [6.45, 7) is 0.448. The second-order valence-electron chi connectivity index (χ2n) is 2.71. The van der Waals surface area contributed by atoms with Crippen molar-refractivity contribution in [2.75, 3.05) is 13.1 Å². The molecule has 0 unspecified atom stereocenters. The van der Waals surface area contributed by atoms with E-state index in [-0.39, 0.29) is 13.1 Å². The SMILES string of the molecule is O=C(O)N[C@H]1CNC[C@@H]1C(F)F. The van der Waals surface area contributed by atoms with Crippen molar-refractivity contribution in [1.82, 2.24) is 10.6 Å². The van der Waals surface area contributed by atoms with Crippen molar-refractivity contribution in [3.8, 4) is 0 Å². The molecule has 70 valence electrons. The molecule has 0 spiro atoms. The van der Waals surface area contributed by atoms with Crippen LogP contribution >= 0.6 is 0 Å². The van der Waals surface area contributed by atoms with Gasteiger partial charge < -0.3 is 15.7 Å². The van der Waals surface area contributed by atoms with Gasteiger partial charge in [0.25, 0.3) is 0 Å². The molecule has 12 heavy (non-hydrogen) atoms. The summed E-state index contributed by atoms with van der Waals surface area (Å²) < 4.78 is 24.3. The Hall–Kier alpha value is -0.910. The Balaban J connectivity index is 2.46. The fourth-order valence-corrected chi connectivity index (χ4v) is 1.28. The molecular weight excluding hydrogens is 170 g/mol. The maximum absolute atomic E-state index is 12.2. The van der Waals surface area contributed by atoms with E-state index >= 15 is 0 Å². The number of rotatable bonds is 2. The molecule has 1 amide bonds. The van der Waals surface area contributed by atoms with Crippen LogP contribution in [0.1, 0.15) is 0 Å². The molecule has 1 aliphatic rings. The van der Waals surface area contributed by atoms with Gasteiger partial charge in [0.05, 0.1) is 12.0 Å². The van der Waals surface area contributed by atoms with E-state index in [1.54, 1.807) is 0 Å². The number of hydrogen-bond donors (Lipinski definition) is 3. The molecule has 3 N–H and O–H groups in total. The first-order valence-electron chi connectivity index (χ1n) is 3.59. The lowest BCUT2D eigenvalue weighted by atomic mass is 10.1. The van der Waals surface area contributed by atoms with Crippen molar-refractivity contribution in [3.05, 3.63) is 0 Å². The maximum Gasteiger partial charge on any atom is 0.404 e. The number of carboxylic acid groups (broad SMARTS) is 1. The van der Waals surface area contributed by atoms with E-state index in [0.717, 1.165) is 0 Å². The Labute approximate surface area is 67.9 Å². The highest BCUT2D eigenvalue weighted by molar-refractivity contribution is 5.65. The molecule has 1 heterocycles. The molecule has 1 fully saturated rings. The average molecular weight is 180 g/mol. The van der Waals surface area contributed by atoms with Crippen molar-refractivity contribution in [1.29, 1.82) is 0 Å². The third kappa shape index (κ3) is 2.04. The Morgan fingerprint density at radius 1 is 1.58 bits per heavy atom. The fourth-order valence-electron chi connectivity index (χ4n) is 1.28. The van der Waals surface area contributed by atoms with Gasteiger partial charge in [0.15, 0.2) is 0 Å². The summed E-state index contributed by atoms with van der Waals surface area (Å²) in [5.74, 6) is -0.902. The molecule has 4 nitrogen and oxygen atoms in total. The van der Waals surface area contributed by atoms with Crippen molar-refractivity contribution in [3.63, 3.8) is 0 Å². The van der Waals surface area contributed by atoms with Gasteiger partial charge in [-0.1, -0.05) is 0 Å². The molecule has 1 saturated heterocycles. The zero-order chi connectivity index (χ0) is 9.14. The highest BCUT2D eigenvalue weighted by atomic mass is 19.3. The van der Waals surface area contributed by atoms with Gasteiger partial charge in [-0.2, -0.15) is 0 Å². The van der Waals surface area contributed by atoms with Gasteiger partial charge in [0.2, 0.25) is 6.43 Å². The topological polar surface area (TPSA) is 61.4 Å². The molecular formula is C6H10F2N2O2. The Kier molecular flexibility index (Phi) is 2.80. The standard InChI is InChI=1S/C6H10F2N2O2/c7-5(8)3-1-9-2-4(3)10-6(11)12/h3-5,9-10H,1-2H2,(H,11,12)/t3-,4-/m0/s1. The summed E-state index contributed by atoms with van der Waals surface area (Å²) in [7, 11) is 0. The quantitative estimate of drug-likeness (QED) is 0.565. The Bertz CT molecular complexity index is 177. The van der Waals surface area contributed by atoms with Crippen LogP contribution in [0, 0.1) is 5.92 Å². The van der Waals surface area contributed by atoms with Crippen molar-refractivity contribution in [2.45, 2.75) is 12.5 Å². The lowest BCUT2D eigenvalue weighted by Crippen LogP contribution is -2.41. The van der Waals surface area contributed by atoms with Crippen LogP contribution in [0.4, 0.5) is 13.6 Å². The van der Waals surface area contributed by atoms with Crippen molar-refractivity contribution in [2.24, 2.45) is 5.92 Å². The third-order valence-electron chi connectivity index (χ3n) is 1.89. The first-order chi connectivity index (χ1) is 5.61. The second-order valence-corrected chi connectivity index (χ2v) is 2.71. The van der Waals surface area contributed by atoms with Gasteiger partial charge in [-0.05, 0) is 0 Å². The van der Waals surface area contributed by atoms with E-state index in [1.165, 1.54) is 0 Å². The van der Waals surface area contributed by atoms with E-state index in [4.69, 9.17) is 5.11 Å². The summed E-state index contributed by atoms with van der Waals surface area (Å²) in [5.41, 5.74) is 0. The average Bonchev–Trinajstić information content (AvgIpc) is 2.33. The van der Waals surface area contributed by atoms with E-state index in [0.29, 0.717) is 0 Å². The van der Waals surface area contributed by atoms with Crippen LogP contribution in [-0.4, -0.2) is 36.8 Å². The number of amides is 1. The van der Waals surface area contributed by atoms with Crippen LogP contribution in [0.15, 0.2) is 0 Å². The molecule has 0 aromatic carbocycles. The molecule has 6 heteroatoms. The molecule has 1 aliphatic heterocycles. The van der Waals surface area contributed by atoms with Crippen LogP contribution in [0.3, 0.4) is 0 Å². The fraction of sp³-hybridized carbons (Fsp3) is 0.833. The summed E-state index contributed by atoms with van der Waals surface area (Å²) in [6.07, 6.45) is -3.73. The first-order valence-corrected chi connectivity index (χ1v) is 3.59. The minimum Gasteiger partial charge on any atom is -0.465 e. The van der Waals surface area contributed by atoms with Gasteiger partial charge >= 0.3 is 6.09 Å². The molecule has 1 rings (SSSR count). The number of nitrogens with one attached hydrogen (secondary N) is 2. The number of alkyl halides is 2. The lowest BCUT2D eigenvalue weighted by Gasteiger charge is -2.16. The van der Waals surface area contributed by atoms with Crippen LogP contribution in [0.2, 0.25) is 0 Å². The second kappa shape index (κ2) is 3.66. The van der Waals surface area contributed by atoms with E-state index in [1.807, 2.05) is 5.32 Å². The van der Waals surface area contributed by atoms with Crippen LogP contribution in [0.5, 0.6) is 0 Å². The van der Waals surface area contributed by atoms with E-state index < -0.39 is 24.5 Å². The normalized spacial score (nSPS) is 29.2. The minimum absolute atomic E-state index is 0.169. The molecule has 2 atom stereocenters. The van der Waals surface area contributed by atoms with Crippen molar-refractivity contribution < 1.29 is 18.7 Å². The van der Waals surface area contributed by atoms with Gasteiger partial charge in [0, 0.05) is 13.1 Å². The molecule has 0 saturated carbocycles. The summed E-state index contributed by atoms with van der Waals surface area (Å²) >= 11 is 0. The number of halogens is 2. The zero-order valence-corrected chi connectivity index (χ0v) is 6.26. The monoisotopic (exact) mass is 180 g/mol. The Morgan fingerprint density at radius 2 is 2.25 bits per heavy atom. The van der Waals surface area contributed by atoms with Crippen LogP contribution < -0.4 is 10.6 Å². The number of hydrogen-bond acceptors (Lipinski definition) is 2. The summed E-state index contributed by atoms with van der Waals surface area (Å²) in [4.78, 5) is 10.1. The lowest BCUT2D eigenvalue weighted by molar-refractivity contribution is 0.0731. The highest BCUT2D eigenvalue weighted by Crippen LogP contribution is 2.17.